The first kappa shape index (κ1) is 15.1. The first-order valence-corrected chi connectivity index (χ1v) is 7.60. The Morgan fingerprint density at radius 2 is 2.04 bits per heavy atom. The van der Waals surface area contributed by atoms with E-state index in [1.807, 2.05) is 52.0 Å². The minimum atomic E-state index is 0.00841. The van der Waals surface area contributed by atoms with E-state index in [0.29, 0.717) is 23.5 Å². The van der Waals surface area contributed by atoms with Gasteiger partial charge in [0.2, 0.25) is 5.82 Å². The Labute approximate surface area is 134 Å². The van der Waals surface area contributed by atoms with E-state index in [-0.39, 0.29) is 5.78 Å². The number of ketones is 1. The van der Waals surface area contributed by atoms with E-state index in [2.05, 4.69) is 20.4 Å². The van der Waals surface area contributed by atoms with Gasteiger partial charge in [0.25, 0.3) is 0 Å². The first-order chi connectivity index (χ1) is 11.0. The lowest BCUT2D eigenvalue weighted by Gasteiger charge is -2.03. The molecule has 1 aromatic carbocycles. The topological polar surface area (TPSA) is 76.5 Å². The van der Waals surface area contributed by atoms with Crippen LogP contribution in [-0.2, 0) is 6.54 Å². The van der Waals surface area contributed by atoms with Gasteiger partial charge in [-0.2, -0.15) is 4.80 Å². The van der Waals surface area contributed by atoms with Gasteiger partial charge in [0.15, 0.2) is 5.78 Å². The molecular weight excluding hydrogens is 290 g/mol. The third-order valence-electron chi connectivity index (χ3n) is 3.90. The summed E-state index contributed by atoms with van der Waals surface area (Å²) in [5.74, 6) is 0.518. The minimum absolute atomic E-state index is 0.00841. The molecule has 0 radical (unpaired) electrons. The molecule has 0 atom stereocenters. The first-order valence-electron chi connectivity index (χ1n) is 7.60. The van der Waals surface area contributed by atoms with Crippen LogP contribution in [0.15, 0.2) is 24.3 Å². The molecule has 0 amide bonds. The Morgan fingerprint density at radius 3 is 2.70 bits per heavy atom. The van der Waals surface area contributed by atoms with Gasteiger partial charge in [-0.25, -0.2) is 0 Å². The fourth-order valence-corrected chi connectivity index (χ4v) is 2.72. The molecule has 2 aromatic heterocycles. The van der Waals surface area contributed by atoms with Gasteiger partial charge in [0, 0.05) is 16.8 Å². The van der Waals surface area contributed by atoms with Crippen LogP contribution in [0.1, 0.15) is 39.7 Å². The summed E-state index contributed by atoms with van der Waals surface area (Å²) in [6, 6.07) is 7.62. The van der Waals surface area contributed by atoms with Crippen molar-refractivity contribution in [3.8, 4) is 11.5 Å². The van der Waals surface area contributed by atoms with Crippen LogP contribution in [0.2, 0.25) is 0 Å². The predicted octanol–water partition coefficient (Wildman–Crippen LogP) is 2.84. The van der Waals surface area contributed by atoms with Crippen LogP contribution in [0.5, 0.6) is 0 Å². The smallest absolute Gasteiger partial charge is 0.221 e. The number of carbonyl (C=O) groups excluding carboxylic acids is 1. The van der Waals surface area contributed by atoms with E-state index < -0.39 is 0 Å². The van der Waals surface area contributed by atoms with Crippen molar-refractivity contribution in [1.82, 2.24) is 25.2 Å². The molecule has 0 saturated heterocycles. The number of H-pyrrole nitrogens is 1. The number of carbonyl (C=O) groups is 1. The number of aromatic nitrogens is 5. The molecule has 0 bridgehead atoms. The number of aryl methyl sites for hydroxylation is 3. The predicted molar refractivity (Wildman–Crippen MR) is 87.4 cm³/mol. The quantitative estimate of drug-likeness (QED) is 0.752. The number of aromatic amines is 1. The molecule has 6 nitrogen and oxygen atoms in total. The fraction of sp³-hybridized carbons (Fsp3) is 0.294. The number of rotatable bonds is 4. The number of nitrogens with one attached hydrogen (secondary N) is 1. The van der Waals surface area contributed by atoms with Gasteiger partial charge in [-0.1, -0.05) is 23.8 Å². The van der Waals surface area contributed by atoms with Gasteiger partial charge in [-0.15, -0.1) is 10.2 Å². The SMILES string of the molecule is CCn1nnc(-c2[nH]c(C)c(C(=O)c3cccc(C)c3)c2C)n1. The van der Waals surface area contributed by atoms with Crippen molar-refractivity contribution in [2.75, 3.05) is 0 Å². The zero-order valence-corrected chi connectivity index (χ0v) is 13.7. The summed E-state index contributed by atoms with van der Waals surface area (Å²) in [7, 11) is 0. The molecule has 0 unspecified atom stereocenters. The summed E-state index contributed by atoms with van der Waals surface area (Å²) in [6.45, 7) is 8.39. The molecule has 118 valence electrons. The molecule has 6 heteroatoms. The van der Waals surface area contributed by atoms with E-state index in [1.165, 1.54) is 4.80 Å². The van der Waals surface area contributed by atoms with Crippen LogP contribution in [0.25, 0.3) is 11.5 Å². The lowest BCUT2D eigenvalue weighted by Crippen LogP contribution is -2.04. The highest BCUT2D eigenvalue weighted by molar-refractivity contribution is 6.11. The number of tetrazole rings is 1. The van der Waals surface area contributed by atoms with Crippen molar-refractivity contribution in [2.45, 2.75) is 34.2 Å². The van der Waals surface area contributed by atoms with Crippen molar-refractivity contribution in [3.05, 3.63) is 52.2 Å². The molecule has 0 saturated carbocycles. The summed E-state index contributed by atoms with van der Waals surface area (Å²) in [5.41, 5.74) is 4.85. The highest BCUT2D eigenvalue weighted by Crippen LogP contribution is 2.27. The lowest BCUT2D eigenvalue weighted by atomic mass is 9.98. The molecular formula is C17H19N5O. The summed E-state index contributed by atoms with van der Waals surface area (Å²) < 4.78 is 0. The van der Waals surface area contributed by atoms with E-state index >= 15 is 0 Å². The molecule has 2 heterocycles. The number of hydrogen-bond acceptors (Lipinski definition) is 4. The zero-order valence-electron chi connectivity index (χ0n) is 13.7. The highest BCUT2D eigenvalue weighted by Gasteiger charge is 2.22. The van der Waals surface area contributed by atoms with E-state index in [4.69, 9.17) is 0 Å². The van der Waals surface area contributed by atoms with Gasteiger partial charge in [-0.05, 0) is 44.5 Å². The average molecular weight is 309 g/mol. The number of hydrogen-bond donors (Lipinski definition) is 1. The molecule has 1 N–H and O–H groups in total. The van der Waals surface area contributed by atoms with E-state index in [9.17, 15) is 4.79 Å². The molecule has 0 aliphatic carbocycles. The molecule has 0 aliphatic rings. The third kappa shape index (κ3) is 2.67. The maximum Gasteiger partial charge on any atom is 0.221 e. The fourth-order valence-electron chi connectivity index (χ4n) is 2.72. The van der Waals surface area contributed by atoms with Crippen LogP contribution >= 0.6 is 0 Å². The maximum absolute atomic E-state index is 12.9. The monoisotopic (exact) mass is 309 g/mol. The van der Waals surface area contributed by atoms with Crippen molar-refractivity contribution in [3.63, 3.8) is 0 Å². The molecule has 0 aliphatic heterocycles. The maximum atomic E-state index is 12.9. The summed E-state index contributed by atoms with van der Waals surface area (Å²) in [4.78, 5) is 17.6. The molecule has 23 heavy (non-hydrogen) atoms. The Kier molecular flexibility index (Phi) is 3.82. The Bertz CT molecular complexity index is 875. The third-order valence-corrected chi connectivity index (χ3v) is 3.90. The Hall–Kier alpha value is -2.76. The standard InChI is InChI=1S/C17H19N5O/c1-5-22-20-17(19-21-22)15-11(3)14(12(4)18-15)16(23)13-8-6-7-10(2)9-13/h6-9,18H,5H2,1-4H3. The summed E-state index contributed by atoms with van der Waals surface area (Å²) in [6.07, 6.45) is 0. The van der Waals surface area contributed by atoms with Crippen LogP contribution in [0.4, 0.5) is 0 Å². The number of benzene rings is 1. The van der Waals surface area contributed by atoms with E-state index in [0.717, 1.165) is 22.5 Å². The van der Waals surface area contributed by atoms with E-state index in [1.54, 1.807) is 0 Å². The Balaban J connectivity index is 2.05. The highest BCUT2D eigenvalue weighted by atomic mass is 16.1. The lowest BCUT2D eigenvalue weighted by molar-refractivity contribution is 0.103. The molecule has 3 aromatic rings. The van der Waals surface area contributed by atoms with Gasteiger partial charge in [0.05, 0.1) is 12.2 Å². The van der Waals surface area contributed by atoms with Crippen LogP contribution in [0.3, 0.4) is 0 Å². The van der Waals surface area contributed by atoms with Crippen molar-refractivity contribution < 1.29 is 4.79 Å². The second-order valence-corrected chi connectivity index (χ2v) is 5.63. The van der Waals surface area contributed by atoms with Gasteiger partial charge in [-0.3, -0.25) is 4.79 Å². The molecule has 0 fully saturated rings. The van der Waals surface area contributed by atoms with Gasteiger partial charge in [0.1, 0.15) is 0 Å². The molecule has 3 rings (SSSR count). The van der Waals surface area contributed by atoms with Crippen molar-refractivity contribution in [2.24, 2.45) is 0 Å². The second kappa shape index (κ2) is 5.79. The average Bonchev–Trinajstić information content (AvgIpc) is 3.11. The van der Waals surface area contributed by atoms with Crippen LogP contribution in [0, 0.1) is 20.8 Å². The van der Waals surface area contributed by atoms with Crippen molar-refractivity contribution >= 4 is 5.78 Å². The number of nitrogens with zero attached hydrogens (tertiary/aromatic N) is 4. The normalized spacial score (nSPS) is 11.0. The largest absolute Gasteiger partial charge is 0.355 e. The Morgan fingerprint density at radius 1 is 1.26 bits per heavy atom. The van der Waals surface area contributed by atoms with Crippen LogP contribution in [-0.4, -0.2) is 31.0 Å². The zero-order chi connectivity index (χ0) is 16.6. The summed E-state index contributed by atoms with van der Waals surface area (Å²) in [5, 5.41) is 12.3. The minimum Gasteiger partial charge on any atom is -0.355 e. The van der Waals surface area contributed by atoms with Gasteiger partial charge < -0.3 is 4.98 Å². The second-order valence-electron chi connectivity index (χ2n) is 5.63. The van der Waals surface area contributed by atoms with Gasteiger partial charge >= 0.3 is 0 Å². The van der Waals surface area contributed by atoms with Crippen LogP contribution < -0.4 is 0 Å². The summed E-state index contributed by atoms with van der Waals surface area (Å²) >= 11 is 0. The molecule has 0 spiro atoms. The van der Waals surface area contributed by atoms with Crippen molar-refractivity contribution in [1.29, 1.82) is 0 Å².